The molecule has 512 valence electrons. The van der Waals surface area contributed by atoms with E-state index >= 15 is 0 Å². The summed E-state index contributed by atoms with van der Waals surface area (Å²) in [5.74, 6) is 0. The van der Waals surface area contributed by atoms with Gasteiger partial charge in [-0.05, 0) is 198 Å². The first-order valence-corrected chi connectivity index (χ1v) is 37.9. The molecule has 4 heteroatoms. The minimum Gasteiger partial charge on any atom is -0.310 e. The standard InChI is InChI=1S/C102H86BN3/c1-99(2,3)73-54-72(55-74(57-73)100(4,5)6)70-47-50-86-85(56-70)103-84-49-48-77(104-87-51-45-67-37-26-43-80-81-44-27-38-68-46-52-88(104)95(93(68)81)94(87)92(67)80)62-89(84)106(97-78(64-31-19-14-20-32-64)41-28-42-79(97)65-33-21-15-22-34-65)91-61-76(102(10,11)12)60-90(96(91)103)105(86)98-82(66-35-23-16-24-36-66)58-75(101(7,8)9)59-83(98)71-40-25-39-69(53-71)63-29-17-13-18-30-63/h13-62H,1-12H3. The van der Waals surface area contributed by atoms with Crippen LogP contribution in [0, 0.1) is 0 Å². The maximum Gasteiger partial charge on any atom is 0.252 e. The van der Waals surface area contributed by atoms with Gasteiger partial charge in [0.15, 0.2) is 0 Å². The molecular weight excluding hydrogens is 1280 g/mol. The van der Waals surface area contributed by atoms with E-state index in [-0.39, 0.29) is 28.4 Å². The van der Waals surface area contributed by atoms with Crippen LogP contribution in [0.1, 0.15) is 105 Å². The molecule has 16 aromatic carbocycles. The molecule has 0 unspecified atom stereocenters. The van der Waals surface area contributed by atoms with E-state index in [1.54, 1.807) is 0 Å². The van der Waals surface area contributed by atoms with Crippen molar-refractivity contribution in [3.05, 3.63) is 326 Å². The molecule has 0 atom stereocenters. The summed E-state index contributed by atoms with van der Waals surface area (Å²) in [5.41, 5.74) is 32.7. The highest BCUT2D eigenvalue weighted by atomic mass is 15.2. The lowest BCUT2D eigenvalue weighted by molar-refractivity contribution is 0.569. The number of rotatable bonds is 9. The van der Waals surface area contributed by atoms with Crippen molar-refractivity contribution in [2.45, 2.75) is 105 Å². The van der Waals surface area contributed by atoms with Gasteiger partial charge in [0.2, 0.25) is 0 Å². The second-order valence-electron chi connectivity index (χ2n) is 34.1. The molecule has 3 nitrogen and oxygen atoms in total. The first kappa shape index (κ1) is 65.1. The molecule has 0 saturated carbocycles. The molecule has 106 heavy (non-hydrogen) atoms. The van der Waals surface area contributed by atoms with Crippen LogP contribution in [0.25, 0.3) is 127 Å². The van der Waals surface area contributed by atoms with Crippen LogP contribution in [0.2, 0.25) is 0 Å². The average Bonchev–Trinajstić information content (AvgIpc) is 1.27. The van der Waals surface area contributed by atoms with E-state index in [1.165, 1.54) is 132 Å². The van der Waals surface area contributed by atoms with Gasteiger partial charge in [0.05, 0.1) is 22.4 Å². The molecule has 0 aliphatic carbocycles. The minimum atomic E-state index is -0.321. The number of fused-ring (bicyclic) bond motifs is 5. The summed E-state index contributed by atoms with van der Waals surface area (Å²) < 4.78 is 2.60. The lowest BCUT2D eigenvalue weighted by Crippen LogP contribution is -2.61. The van der Waals surface area contributed by atoms with Crippen LogP contribution in [0.5, 0.6) is 0 Å². The van der Waals surface area contributed by atoms with Gasteiger partial charge in [0, 0.05) is 61.5 Å². The highest BCUT2D eigenvalue weighted by molar-refractivity contribution is 7.00. The van der Waals surface area contributed by atoms with Crippen molar-refractivity contribution in [1.82, 2.24) is 4.57 Å². The molecule has 1 aromatic heterocycles. The SMILES string of the molecule is CC(C)(C)c1cc(-c2ccc3c(c2)B2c4ccc(-n5c6ccc7cccc8c9cccc%10ccc5c(c%109)c6c78)cc4N(c4c(-c5ccccc5)cccc4-c4ccccc4)c4cc(C(C)(C)C)cc(c42)N3c2c(-c3ccccc3)cc(C(C)(C)C)cc2-c2cccc(-c3ccccc3)c2)cc(C(C)(C)C)c1. The Labute approximate surface area is 624 Å². The van der Waals surface area contributed by atoms with E-state index in [0.717, 1.165) is 67.5 Å². The predicted octanol–water partition coefficient (Wildman–Crippen LogP) is 26.4. The van der Waals surface area contributed by atoms with E-state index in [4.69, 9.17) is 0 Å². The zero-order valence-electron chi connectivity index (χ0n) is 62.8. The number of anilines is 6. The lowest BCUT2D eigenvalue weighted by atomic mass is 9.33. The quantitative estimate of drug-likeness (QED) is 0.0811. The average molecular weight is 1360 g/mol. The Bertz CT molecular complexity index is 6160. The third-order valence-electron chi connectivity index (χ3n) is 23.2. The summed E-state index contributed by atoms with van der Waals surface area (Å²) in [7, 11) is 0. The Kier molecular flexibility index (Phi) is 14.7. The molecule has 3 heterocycles. The predicted molar refractivity (Wildman–Crippen MR) is 457 cm³/mol. The number of para-hydroxylation sites is 1. The van der Waals surface area contributed by atoms with Crippen molar-refractivity contribution >= 4 is 111 Å². The van der Waals surface area contributed by atoms with Gasteiger partial charge in [0.25, 0.3) is 6.71 Å². The Morgan fingerprint density at radius 1 is 0.245 bits per heavy atom. The Morgan fingerprint density at radius 3 is 1.20 bits per heavy atom. The lowest BCUT2D eigenvalue weighted by Gasteiger charge is -2.46. The van der Waals surface area contributed by atoms with E-state index in [1.807, 2.05) is 0 Å². The number of benzene rings is 16. The number of aromatic nitrogens is 1. The molecule has 0 saturated heterocycles. The van der Waals surface area contributed by atoms with Gasteiger partial charge < -0.3 is 14.4 Å². The highest BCUT2D eigenvalue weighted by Gasteiger charge is 2.47. The number of nitrogens with zero attached hydrogens (tertiary/aromatic N) is 3. The smallest absolute Gasteiger partial charge is 0.252 e. The van der Waals surface area contributed by atoms with Crippen molar-refractivity contribution < 1.29 is 0 Å². The number of hydrogen-bond donors (Lipinski definition) is 0. The topological polar surface area (TPSA) is 11.4 Å². The second kappa shape index (κ2) is 23.9. The zero-order valence-corrected chi connectivity index (χ0v) is 62.8. The molecule has 0 amide bonds. The summed E-state index contributed by atoms with van der Waals surface area (Å²) in [6.45, 7) is 28.2. The van der Waals surface area contributed by atoms with E-state index in [0.29, 0.717) is 0 Å². The molecule has 2 aliphatic heterocycles. The highest BCUT2D eigenvalue weighted by Crippen LogP contribution is 2.56. The molecular formula is C102H86BN3. The summed E-state index contributed by atoms with van der Waals surface area (Å²) >= 11 is 0. The van der Waals surface area contributed by atoms with Crippen LogP contribution >= 0.6 is 0 Å². The molecule has 0 radical (unpaired) electrons. The summed E-state index contributed by atoms with van der Waals surface area (Å²) in [6.07, 6.45) is 0. The van der Waals surface area contributed by atoms with E-state index in [9.17, 15) is 0 Å². The van der Waals surface area contributed by atoms with E-state index in [2.05, 4.69) is 401 Å². The van der Waals surface area contributed by atoms with Gasteiger partial charge in [-0.25, -0.2) is 0 Å². The Balaban J connectivity index is 0.988. The van der Waals surface area contributed by atoms with Gasteiger partial charge in [-0.15, -0.1) is 0 Å². The van der Waals surface area contributed by atoms with Crippen LogP contribution in [0.3, 0.4) is 0 Å². The van der Waals surface area contributed by atoms with Crippen LogP contribution in [-0.2, 0) is 21.7 Å². The maximum atomic E-state index is 2.74. The number of hydrogen-bond acceptors (Lipinski definition) is 2. The van der Waals surface area contributed by atoms with Crippen LogP contribution < -0.4 is 26.2 Å². The van der Waals surface area contributed by atoms with Crippen molar-refractivity contribution in [3.8, 4) is 72.4 Å². The van der Waals surface area contributed by atoms with Gasteiger partial charge in [-0.2, -0.15) is 0 Å². The fourth-order valence-electron chi connectivity index (χ4n) is 17.7. The Hall–Kier alpha value is -11.7. The first-order valence-electron chi connectivity index (χ1n) is 37.9. The van der Waals surface area contributed by atoms with Crippen molar-refractivity contribution in [3.63, 3.8) is 0 Å². The molecule has 0 N–H and O–H groups in total. The van der Waals surface area contributed by atoms with Gasteiger partial charge in [-0.1, -0.05) is 326 Å². The van der Waals surface area contributed by atoms with Crippen LogP contribution in [0.4, 0.5) is 34.1 Å². The fraction of sp³-hybridized carbons (Fsp3) is 0.157. The van der Waals surface area contributed by atoms with Gasteiger partial charge in [-0.3, -0.25) is 0 Å². The van der Waals surface area contributed by atoms with Gasteiger partial charge in [0.1, 0.15) is 0 Å². The van der Waals surface area contributed by atoms with Crippen molar-refractivity contribution in [2.75, 3.05) is 9.80 Å². The summed E-state index contributed by atoms with van der Waals surface area (Å²) in [4.78, 5) is 5.48. The third kappa shape index (κ3) is 10.4. The van der Waals surface area contributed by atoms with Gasteiger partial charge >= 0.3 is 0 Å². The van der Waals surface area contributed by atoms with Crippen LogP contribution in [0.15, 0.2) is 303 Å². The summed E-state index contributed by atoms with van der Waals surface area (Å²) in [5, 5.41) is 10.4. The monoisotopic (exact) mass is 1360 g/mol. The molecule has 17 aromatic rings. The Morgan fingerprint density at radius 2 is 0.670 bits per heavy atom. The zero-order chi connectivity index (χ0) is 72.4. The third-order valence-corrected chi connectivity index (χ3v) is 23.2. The first-order chi connectivity index (χ1) is 51.1. The maximum absolute atomic E-state index is 2.74. The second-order valence-corrected chi connectivity index (χ2v) is 34.1. The summed E-state index contributed by atoms with van der Waals surface area (Å²) in [6, 6.07) is 117. The fourth-order valence-corrected chi connectivity index (χ4v) is 17.7. The molecule has 0 bridgehead atoms. The molecule has 0 spiro atoms. The molecule has 0 fully saturated rings. The molecule has 19 rings (SSSR count). The van der Waals surface area contributed by atoms with Crippen molar-refractivity contribution in [1.29, 1.82) is 0 Å². The minimum absolute atomic E-state index is 0.0993. The largest absolute Gasteiger partial charge is 0.310 e. The molecule has 2 aliphatic rings. The van der Waals surface area contributed by atoms with Crippen LogP contribution in [-0.4, -0.2) is 11.3 Å². The van der Waals surface area contributed by atoms with E-state index < -0.39 is 0 Å². The van der Waals surface area contributed by atoms with Crippen molar-refractivity contribution in [2.24, 2.45) is 0 Å². The normalized spacial score (nSPS) is 13.2.